The Morgan fingerprint density at radius 2 is 1.97 bits per heavy atom. The summed E-state index contributed by atoms with van der Waals surface area (Å²) in [5.74, 6) is -0.672. The van der Waals surface area contributed by atoms with E-state index in [1.807, 2.05) is 65.7 Å². The minimum atomic E-state index is -0.559. The SMILES string of the molecule is CCOC(=O)C1=C(N)N(c2ccccc2)C2=C(C(=O)CCC2)C1c1ccc2[nH]ccc2c1. The monoisotopic (exact) mass is 427 g/mol. The molecule has 0 radical (unpaired) electrons. The van der Waals surface area contributed by atoms with Crippen molar-refractivity contribution < 1.29 is 14.3 Å². The molecule has 0 amide bonds. The molecule has 1 aliphatic carbocycles. The van der Waals surface area contributed by atoms with Crippen molar-refractivity contribution in [1.82, 2.24) is 4.98 Å². The maximum Gasteiger partial charge on any atom is 0.338 e. The molecule has 1 aromatic heterocycles. The van der Waals surface area contributed by atoms with Crippen molar-refractivity contribution in [2.45, 2.75) is 32.1 Å². The Kier molecular flexibility index (Phi) is 5.05. The predicted octanol–water partition coefficient (Wildman–Crippen LogP) is 4.51. The summed E-state index contributed by atoms with van der Waals surface area (Å²) >= 11 is 0. The Morgan fingerprint density at radius 3 is 2.75 bits per heavy atom. The van der Waals surface area contributed by atoms with Gasteiger partial charge >= 0.3 is 5.97 Å². The van der Waals surface area contributed by atoms with Gasteiger partial charge in [0.15, 0.2) is 5.78 Å². The van der Waals surface area contributed by atoms with Crippen molar-refractivity contribution in [3.05, 3.63) is 89.0 Å². The number of nitrogens with zero attached hydrogens (tertiary/aromatic N) is 1. The Morgan fingerprint density at radius 1 is 1.16 bits per heavy atom. The van der Waals surface area contributed by atoms with Crippen LogP contribution >= 0.6 is 0 Å². The summed E-state index contributed by atoms with van der Waals surface area (Å²) in [4.78, 5) is 31.6. The fraction of sp³-hybridized carbons (Fsp3) is 0.231. The molecule has 3 N–H and O–H groups in total. The lowest BCUT2D eigenvalue weighted by Crippen LogP contribution is -2.41. The number of nitrogens with one attached hydrogen (secondary N) is 1. The number of carbonyl (C=O) groups excluding carboxylic acids is 2. The van der Waals surface area contributed by atoms with E-state index in [9.17, 15) is 9.59 Å². The summed E-state index contributed by atoms with van der Waals surface area (Å²) in [6.45, 7) is 1.99. The third-order valence-corrected chi connectivity index (χ3v) is 6.21. The topological polar surface area (TPSA) is 88.4 Å². The first kappa shape index (κ1) is 20.1. The third-order valence-electron chi connectivity index (χ3n) is 6.21. The molecule has 1 unspecified atom stereocenters. The largest absolute Gasteiger partial charge is 0.463 e. The van der Waals surface area contributed by atoms with Crippen LogP contribution < -0.4 is 10.6 Å². The van der Waals surface area contributed by atoms with E-state index in [0.29, 0.717) is 23.4 Å². The molecular formula is C26H25N3O3. The molecule has 0 spiro atoms. The molecule has 0 bridgehead atoms. The first-order valence-electron chi connectivity index (χ1n) is 11.0. The van der Waals surface area contributed by atoms with Crippen molar-refractivity contribution in [2.24, 2.45) is 5.73 Å². The number of allylic oxidation sites excluding steroid dienone is 2. The number of benzene rings is 2. The molecule has 0 saturated carbocycles. The Balaban J connectivity index is 1.77. The number of ketones is 1. The molecule has 2 heterocycles. The third kappa shape index (κ3) is 3.19. The number of anilines is 1. The number of rotatable bonds is 4. The van der Waals surface area contributed by atoms with Crippen LogP contribution in [0.2, 0.25) is 0 Å². The quantitative estimate of drug-likeness (QED) is 0.598. The van der Waals surface area contributed by atoms with Gasteiger partial charge in [-0.25, -0.2) is 4.79 Å². The number of carbonyl (C=O) groups is 2. The molecule has 6 heteroatoms. The van der Waals surface area contributed by atoms with Gasteiger partial charge in [-0.3, -0.25) is 9.69 Å². The van der Waals surface area contributed by atoms with Crippen LogP contribution in [0, 0.1) is 0 Å². The number of nitrogens with two attached hydrogens (primary N) is 1. The summed E-state index contributed by atoms with van der Waals surface area (Å²) in [7, 11) is 0. The van der Waals surface area contributed by atoms with Gasteiger partial charge in [-0.15, -0.1) is 0 Å². The summed E-state index contributed by atoms with van der Waals surface area (Å²) in [5.41, 5.74) is 11.2. The zero-order valence-electron chi connectivity index (χ0n) is 17.9. The number of fused-ring (bicyclic) bond motifs is 1. The zero-order valence-corrected chi connectivity index (χ0v) is 17.9. The van der Waals surface area contributed by atoms with Crippen LogP contribution in [0.25, 0.3) is 10.9 Å². The lowest BCUT2D eigenvalue weighted by Gasteiger charge is -2.40. The average Bonchev–Trinajstić information content (AvgIpc) is 3.27. The molecule has 2 aromatic carbocycles. The maximum absolute atomic E-state index is 13.3. The van der Waals surface area contributed by atoms with Gasteiger partial charge in [0.2, 0.25) is 0 Å². The number of hydrogen-bond donors (Lipinski definition) is 2. The fourth-order valence-corrected chi connectivity index (χ4v) is 4.85. The van der Waals surface area contributed by atoms with E-state index in [1.54, 1.807) is 6.92 Å². The highest BCUT2D eigenvalue weighted by Gasteiger charge is 2.43. The molecule has 0 saturated heterocycles. The number of ether oxygens (including phenoxy) is 1. The van der Waals surface area contributed by atoms with E-state index in [-0.39, 0.29) is 12.4 Å². The number of aromatic amines is 1. The summed E-state index contributed by atoms with van der Waals surface area (Å²) in [6, 6.07) is 17.6. The normalized spacial score (nSPS) is 18.8. The predicted molar refractivity (Wildman–Crippen MR) is 124 cm³/mol. The number of para-hydroxylation sites is 1. The first-order valence-corrected chi connectivity index (χ1v) is 11.0. The highest BCUT2D eigenvalue weighted by atomic mass is 16.5. The van der Waals surface area contributed by atoms with E-state index in [4.69, 9.17) is 10.5 Å². The highest BCUT2D eigenvalue weighted by Crippen LogP contribution is 2.47. The standard InChI is InChI=1S/C26H25N3O3/c1-2-32-26(31)24-22(17-11-12-19-16(15-17)13-14-28-19)23-20(9-6-10-21(23)30)29(25(24)27)18-7-4-3-5-8-18/h3-5,7-8,11-15,22,28H,2,6,9-10,27H2,1H3. The molecule has 5 rings (SSSR count). The van der Waals surface area contributed by atoms with Gasteiger partial charge in [-0.1, -0.05) is 24.3 Å². The van der Waals surface area contributed by atoms with Gasteiger partial charge in [0.25, 0.3) is 0 Å². The number of hydrogen-bond acceptors (Lipinski definition) is 5. The van der Waals surface area contributed by atoms with Crippen LogP contribution in [0.5, 0.6) is 0 Å². The highest BCUT2D eigenvalue weighted by molar-refractivity contribution is 6.05. The number of Topliss-reactive ketones (excluding diaryl/α,β-unsaturated/α-hetero) is 1. The Labute approximate surface area is 186 Å². The molecule has 6 nitrogen and oxygen atoms in total. The van der Waals surface area contributed by atoms with E-state index >= 15 is 0 Å². The number of aromatic nitrogens is 1. The molecule has 32 heavy (non-hydrogen) atoms. The summed E-state index contributed by atoms with van der Waals surface area (Å²) in [5, 5.41) is 1.01. The number of esters is 1. The second-order valence-corrected chi connectivity index (χ2v) is 8.08. The average molecular weight is 428 g/mol. The van der Waals surface area contributed by atoms with E-state index in [2.05, 4.69) is 4.98 Å². The van der Waals surface area contributed by atoms with Crippen molar-refractivity contribution in [3.8, 4) is 0 Å². The lowest BCUT2D eigenvalue weighted by atomic mass is 9.75. The molecule has 1 aliphatic heterocycles. The Bertz CT molecular complexity index is 1270. The van der Waals surface area contributed by atoms with Crippen LogP contribution in [0.1, 0.15) is 37.7 Å². The van der Waals surface area contributed by atoms with E-state index < -0.39 is 11.9 Å². The smallest absolute Gasteiger partial charge is 0.338 e. The Hall–Kier alpha value is -3.80. The van der Waals surface area contributed by atoms with Gasteiger partial charge < -0.3 is 15.5 Å². The van der Waals surface area contributed by atoms with Crippen LogP contribution in [0.3, 0.4) is 0 Å². The van der Waals surface area contributed by atoms with Gasteiger partial charge in [0.05, 0.1) is 18.1 Å². The summed E-state index contributed by atoms with van der Waals surface area (Å²) in [6.07, 6.45) is 3.81. The van der Waals surface area contributed by atoms with Gasteiger partial charge in [0, 0.05) is 35.1 Å². The molecule has 162 valence electrons. The van der Waals surface area contributed by atoms with Crippen LogP contribution in [-0.4, -0.2) is 23.3 Å². The van der Waals surface area contributed by atoms with E-state index in [0.717, 1.165) is 40.7 Å². The lowest BCUT2D eigenvalue weighted by molar-refractivity contribution is -0.138. The van der Waals surface area contributed by atoms with Crippen molar-refractivity contribution >= 4 is 28.3 Å². The molecular weight excluding hydrogens is 402 g/mol. The van der Waals surface area contributed by atoms with Crippen LogP contribution in [0.15, 0.2) is 83.5 Å². The molecule has 2 aliphatic rings. The van der Waals surface area contributed by atoms with Gasteiger partial charge in [-0.2, -0.15) is 0 Å². The summed E-state index contributed by atoms with van der Waals surface area (Å²) < 4.78 is 5.43. The number of H-pyrrole nitrogens is 1. The second-order valence-electron chi connectivity index (χ2n) is 8.08. The van der Waals surface area contributed by atoms with Crippen molar-refractivity contribution in [1.29, 1.82) is 0 Å². The fourth-order valence-electron chi connectivity index (χ4n) is 4.85. The second kappa shape index (κ2) is 8.04. The van der Waals surface area contributed by atoms with Gasteiger partial charge in [-0.05, 0) is 61.0 Å². The molecule has 1 atom stereocenters. The molecule has 3 aromatic rings. The minimum absolute atomic E-state index is 0.0562. The minimum Gasteiger partial charge on any atom is -0.463 e. The van der Waals surface area contributed by atoms with E-state index in [1.165, 1.54) is 0 Å². The van der Waals surface area contributed by atoms with Crippen molar-refractivity contribution in [2.75, 3.05) is 11.5 Å². The first-order chi connectivity index (χ1) is 15.6. The van der Waals surface area contributed by atoms with Crippen molar-refractivity contribution in [3.63, 3.8) is 0 Å². The zero-order chi connectivity index (χ0) is 22.2. The molecule has 0 fully saturated rings. The van der Waals surface area contributed by atoms with Gasteiger partial charge in [0.1, 0.15) is 5.82 Å². The van der Waals surface area contributed by atoms with Crippen LogP contribution in [0.4, 0.5) is 5.69 Å². The van der Waals surface area contributed by atoms with Crippen LogP contribution in [-0.2, 0) is 14.3 Å². The maximum atomic E-state index is 13.3.